The SMILES string of the molecule is COCCN(Cc1cccc(OC)c1)C[C@@H]1CCc2nc(-c3ccc(F)cc3)c(-c3ccnc(SC)n3)n21. The molecule has 198 valence electrons. The van der Waals surface area contributed by atoms with Crippen molar-refractivity contribution in [3.8, 4) is 28.4 Å². The molecule has 0 radical (unpaired) electrons. The van der Waals surface area contributed by atoms with Crippen molar-refractivity contribution in [2.45, 2.75) is 30.6 Å². The number of thioether (sulfide) groups is 1. The zero-order valence-electron chi connectivity index (χ0n) is 21.9. The highest BCUT2D eigenvalue weighted by Crippen LogP contribution is 2.39. The van der Waals surface area contributed by atoms with E-state index in [4.69, 9.17) is 19.4 Å². The van der Waals surface area contributed by atoms with Crippen molar-refractivity contribution in [2.75, 3.05) is 40.2 Å². The van der Waals surface area contributed by atoms with Crippen LogP contribution in [0.2, 0.25) is 0 Å². The second kappa shape index (κ2) is 12.1. The highest BCUT2D eigenvalue weighted by atomic mass is 32.2. The first-order valence-electron chi connectivity index (χ1n) is 12.7. The van der Waals surface area contributed by atoms with E-state index in [2.05, 4.69) is 26.6 Å². The Labute approximate surface area is 227 Å². The minimum Gasteiger partial charge on any atom is -0.497 e. The minimum absolute atomic E-state index is 0.205. The number of ether oxygens (including phenoxy) is 2. The molecule has 0 N–H and O–H groups in total. The monoisotopic (exact) mass is 533 g/mol. The van der Waals surface area contributed by atoms with E-state index in [-0.39, 0.29) is 11.9 Å². The number of methoxy groups -OCH3 is 2. The molecule has 0 bridgehead atoms. The van der Waals surface area contributed by atoms with Gasteiger partial charge < -0.3 is 14.0 Å². The van der Waals surface area contributed by atoms with Crippen molar-refractivity contribution >= 4 is 11.8 Å². The summed E-state index contributed by atoms with van der Waals surface area (Å²) in [5.74, 6) is 1.62. The van der Waals surface area contributed by atoms with Crippen LogP contribution >= 0.6 is 11.8 Å². The average molecular weight is 534 g/mol. The van der Waals surface area contributed by atoms with Gasteiger partial charge in [-0.2, -0.15) is 0 Å². The van der Waals surface area contributed by atoms with Gasteiger partial charge in [0.2, 0.25) is 0 Å². The fraction of sp³-hybridized carbons (Fsp3) is 0.345. The van der Waals surface area contributed by atoms with Crippen LogP contribution < -0.4 is 4.74 Å². The highest BCUT2D eigenvalue weighted by Gasteiger charge is 2.32. The lowest BCUT2D eigenvalue weighted by atomic mass is 10.1. The lowest BCUT2D eigenvalue weighted by Gasteiger charge is -2.27. The van der Waals surface area contributed by atoms with Crippen molar-refractivity contribution < 1.29 is 13.9 Å². The standard InChI is InChI=1S/C29H32FN5O2S/c1-36-16-15-34(18-20-5-4-6-24(17-20)37-2)19-23-11-12-26-33-27(21-7-9-22(30)10-8-21)28(35(23)26)25-13-14-31-29(32-25)38-3/h4-10,13-14,17,23H,11-12,15-16,18-19H2,1-3H3/t23-/m0/s1. The fourth-order valence-corrected chi connectivity index (χ4v) is 5.41. The largest absolute Gasteiger partial charge is 0.497 e. The molecule has 0 amide bonds. The maximum Gasteiger partial charge on any atom is 0.187 e. The van der Waals surface area contributed by atoms with Gasteiger partial charge in [-0.05, 0) is 60.7 Å². The van der Waals surface area contributed by atoms with Gasteiger partial charge in [-0.3, -0.25) is 4.90 Å². The average Bonchev–Trinajstić information content (AvgIpc) is 3.52. The molecule has 0 saturated carbocycles. The lowest BCUT2D eigenvalue weighted by Crippen LogP contribution is -2.32. The van der Waals surface area contributed by atoms with Crippen LogP contribution in [-0.4, -0.2) is 64.6 Å². The highest BCUT2D eigenvalue weighted by molar-refractivity contribution is 7.98. The number of hydrogen-bond acceptors (Lipinski definition) is 7. The van der Waals surface area contributed by atoms with Crippen LogP contribution in [0.3, 0.4) is 0 Å². The molecule has 0 aliphatic carbocycles. The van der Waals surface area contributed by atoms with Crippen molar-refractivity contribution in [1.29, 1.82) is 0 Å². The third-order valence-corrected chi connectivity index (χ3v) is 7.41. The summed E-state index contributed by atoms with van der Waals surface area (Å²) in [5.41, 5.74) is 4.67. The molecule has 2 aromatic carbocycles. The normalized spacial score (nSPS) is 14.7. The zero-order valence-corrected chi connectivity index (χ0v) is 22.7. The van der Waals surface area contributed by atoms with Gasteiger partial charge in [-0.25, -0.2) is 19.3 Å². The lowest BCUT2D eigenvalue weighted by molar-refractivity contribution is 0.134. The summed E-state index contributed by atoms with van der Waals surface area (Å²) in [6.45, 7) is 3.06. The summed E-state index contributed by atoms with van der Waals surface area (Å²) < 4.78 is 27.0. The predicted molar refractivity (Wildman–Crippen MR) is 148 cm³/mol. The number of aryl methyl sites for hydroxylation is 1. The Balaban J connectivity index is 1.52. The van der Waals surface area contributed by atoms with Crippen LogP contribution in [0.15, 0.2) is 66.0 Å². The quantitative estimate of drug-likeness (QED) is 0.186. The number of nitrogens with zero attached hydrogens (tertiary/aromatic N) is 5. The van der Waals surface area contributed by atoms with Crippen molar-refractivity contribution in [1.82, 2.24) is 24.4 Å². The Kier molecular flexibility index (Phi) is 8.36. The first kappa shape index (κ1) is 26.3. The van der Waals surface area contributed by atoms with Gasteiger partial charge in [0.1, 0.15) is 17.4 Å². The maximum absolute atomic E-state index is 13.7. The van der Waals surface area contributed by atoms with Gasteiger partial charge in [0.25, 0.3) is 0 Å². The minimum atomic E-state index is -0.266. The first-order chi connectivity index (χ1) is 18.6. The van der Waals surface area contributed by atoms with Gasteiger partial charge >= 0.3 is 0 Å². The Hall–Kier alpha value is -3.27. The first-order valence-corrected chi connectivity index (χ1v) is 13.9. The van der Waals surface area contributed by atoms with Crippen LogP contribution in [-0.2, 0) is 17.7 Å². The maximum atomic E-state index is 13.7. The third-order valence-electron chi connectivity index (χ3n) is 6.85. The summed E-state index contributed by atoms with van der Waals surface area (Å²) >= 11 is 1.51. The van der Waals surface area contributed by atoms with E-state index < -0.39 is 0 Å². The molecule has 1 aliphatic heterocycles. The fourth-order valence-electron chi connectivity index (χ4n) is 5.05. The molecular formula is C29H32FN5O2S. The van der Waals surface area contributed by atoms with E-state index in [0.29, 0.717) is 11.8 Å². The second-order valence-electron chi connectivity index (χ2n) is 9.30. The number of imidazole rings is 1. The van der Waals surface area contributed by atoms with Crippen LogP contribution in [0.25, 0.3) is 22.6 Å². The van der Waals surface area contributed by atoms with Crippen molar-refractivity contribution in [3.63, 3.8) is 0 Å². The third kappa shape index (κ3) is 5.75. The Morgan fingerprint density at radius 3 is 2.71 bits per heavy atom. The molecule has 5 rings (SSSR count). The van der Waals surface area contributed by atoms with Crippen molar-refractivity contribution in [2.24, 2.45) is 0 Å². The molecule has 9 heteroatoms. The molecule has 0 fully saturated rings. The number of halogens is 1. The molecule has 4 aromatic rings. The van der Waals surface area contributed by atoms with Gasteiger partial charge in [0, 0.05) is 51.0 Å². The van der Waals surface area contributed by atoms with E-state index in [1.165, 1.54) is 29.5 Å². The van der Waals surface area contributed by atoms with Crippen LogP contribution in [0, 0.1) is 5.82 Å². The summed E-state index contributed by atoms with van der Waals surface area (Å²) in [6.07, 6.45) is 5.62. The van der Waals surface area contributed by atoms with E-state index in [1.54, 1.807) is 32.5 Å². The molecule has 0 spiro atoms. The Bertz CT molecular complexity index is 1380. The molecule has 0 saturated heterocycles. The number of aromatic nitrogens is 4. The van der Waals surface area contributed by atoms with Crippen molar-refractivity contribution in [3.05, 3.63) is 78.0 Å². The molecule has 1 aliphatic rings. The second-order valence-corrected chi connectivity index (χ2v) is 10.1. The summed E-state index contributed by atoms with van der Waals surface area (Å²) in [5, 5.41) is 0.706. The van der Waals surface area contributed by atoms with Crippen LogP contribution in [0.1, 0.15) is 23.9 Å². The number of benzene rings is 2. The number of rotatable bonds is 11. The molecule has 38 heavy (non-hydrogen) atoms. The number of fused-ring (bicyclic) bond motifs is 1. The van der Waals surface area contributed by atoms with Gasteiger partial charge in [-0.15, -0.1) is 0 Å². The molecule has 1 atom stereocenters. The van der Waals surface area contributed by atoms with E-state index in [9.17, 15) is 4.39 Å². The van der Waals surface area contributed by atoms with Gasteiger partial charge in [0.15, 0.2) is 5.16 Å². The van der Waals surface area contributed by atoms with Crippen LogP contribution in [0.4, 0.5) is 4.39 Å². The predicted octanol–water partition coefficient (Wildman–Crippen LogP) is 5.51. The van der Waals surface area contributed by atoms with E-state index >= 15 is 0 Å². The molecule has 0 unspecified atom stereocenters. The Morgan fingerprint density at radius 1 is 1.11 bits per heavy atom. The van der Waals surface area contributed by atoms with E-state index in [1.807, 2.05) is 24.5 Å². The molecule has 3 heterocycles. The molecule has 2 aromatic heterocycles. The van der Waals surface area contributed by atoms with Gasteiger partial charge in [0.05, 0.1) is 30.8 Å². The molecular weight excluding hydrogens is 501 g/mol. The summed E-state index contributed by atoms with van der Waals surface area (Å²) in [4.78, 5) is 16.7. The molecule has 7 nitrogen and oxygen atoms in total. The number of hydrogen-bond donors (Lipinski definition) is 0. The summed E-state index contributed by atoms with van der Waals surface area (Å²) in [6, 6.07) is 16.9. The Morgan fingerprint density at radius 2 is 1.95 bits per heavy atom. The zero-order chi connectivity index (χ0) is 26.5. The topological polar surface area (TPSA) is 65.3 Å². The van der Waals surface area contributed by atoms with Gasteiger partial charge in [-0.1, -0.05) is 23.9 Å². The van der Waals surface area contributed by atoms with E-state index in [0.717, 1.165) is 66.7 Å². The summed E-state index contributed by atoms with van der Waals surface area (Å²) in [7, 11) is 3.43. The smallest absolute Gasteiger partial charge is 0.187 e. The van der Waals surface area contributed by atoms with Crippen LogP contribution in [0.5, 0.6) is 5.75 Å².